The Bertz CT molecular complexity index is 533. The highest BCUT2D eigenvalue weighted by atomic mass is 35.5. The van der Waals surface area contributed by atoms with Gasteiger partial charge in [0, 0.05) is 18.2 Å². The van der Waals surface area contributed by atoms with Crippen LogP contribution in [0.2, 0.25) is 0 Å². The van der Waals surface area contributed by atoms with Crippen molar-refractivity contribution in [3.63, 3.8) is 0 Å². The molecule has 22 heavy (non-hydrogen) atoms. The number of alkyl halides is 1. The van der Waals surface area contributed by atoms with Crippen LogP contribution in [0.25, 0.3) is 0 Å². The van der Waals surface area contributed by atoms with Gasteiger partial charge in [-0.15, -0.1) is 23.4 Å². The quantitative estimate of drug-likeness (QED) is 0.735. The molecule has 1 aromatic rings. The van der Waals surface area contributed by atoms with Crippen LogP contribution in [0.3, 0.4) is 0 Å². The molecular formula is C18H26ClNOS. The lowest BCUT2D eigenvalue weighted by Gasteiger charge is -2.31. The van der Waals surface area contributed by atoms with Gasteiger partial charge in [-0.2, -0.15) is 0 Å². The first kappa shape index (κ1) is 17.7. The highest BCUT2D eigenvalue weighted by molar-refractivity contribution is 7.99. The van der Waals surface area contributed by atoms with Gasteiger partial charge in [-0.1, -0.05) is 45.0 Å². The van der Waals surface area contributed by atoms with Gasteiger partial charge in [-0.3, -0.25) is 4.79 Å². The minimum absolute atomic E-state index is 0.115. The minimum atomic E-state index is -0.504. The summed E-state index contributed by atoms with van der Waals surface area (Å²) in [6.45, 7) is 11.3. The topological polar surface area (TPSA) is 20.3 Å². The van der Waals surface area contributed by atoms with E-state index in [9.17, 15) is 4.79 Å². The largest absolute Gasteiger partial charge is 0.325 e. The first-order valence-corrected chi connectivity index (χ1v) is 9.34. The summed E-state index contributed by atoms with van der Waals surface area (Å²) in [5.41, 5.74) is 2.17. The number of carbonyl (C=O) groups excluding carboxylic acids is 1. The molecule has 1 aliphatic rings. The van der Waals surface area contributed by atoms with E-state index >= 15 is 0 Å². The predicted octanol–water partition coefficient (Wildman–Crippen LogP) is 4.82. The highest BCUT2D eigenvalue weighted by Crippen LogP contribution is 2.40. The maximum absolute atomic E-state index is 12.7. The fourth-order valence-corrected chi connectivity index (χ4v) is 3.92. The Morgan fingerprint density at radius 2 is 1.82 bits per heavy atom. The summed E-state index contributed by atoms with van der Waals surface area (Å²) in [5, 5.41) is 0.115. The van der Waals surface area contributed by atoms with Crippen LogP contribution >= 0.6 is 23.4 Å². The summed E-state index contributed by atoms with van der Waals surface area (Å²) in [6, 6.07) is 8.70. The van der Waals surface area contributed by atoms with Crippen molar-refractivity contribution in [3.05, 3.63) is 35.4 Å². The van der Waals surface area contributed by atoms with E-state index in [1.54, 1.807) is 0 Å². The van der Waals surface area contributed by atoms with Crippen LogP contribution in [0.5, 0.6) is 0 Å². The number of benzene rings is 1. The summed E-state index contributed by atoms with van der Waals surface area (Å²) >= 11 is 7.81. The molecule has 0 unspecified atom stereocenters. The van der Waals surface area contributed by atoms with Crippen LogP contribution in [0.1, 0.15) is 51.1 Å². The summed E-state index contributed by atoms with van der Waals surface area (Å²) < 4.78 is 0. The minimum Gasteiger partial charge on any atom is -0.325 e. The van der Waals surface area contributed by atoms with E-state index in [1.807, 2.05) is 30.5 Å². The number of hydrogen-bond acceptors (Lipinski definition) is 2. The lowest BCUT2D eigenvalue weighted by atomic mass is 9.86. The zero-order valence-electron chi connectivity index (χ0n) is 14.1. The van der Waals surface area contributed by atoms with Crippen molar-refractivity contribution in [2.45, 2.75) is 45.4 Å². The number of hydrogen-bond donors (Lipinski definition) is 0. The lowest BCUT2D eigenvalue weighted by Crippen LogP contribution is -2.41. The molecule has 1 amide bonds. The predicted molar refractivity (Wildman–Crippen MR) is 96.6 cm³/mol. The van der Waals surface area contributed by atoms with Crippen LogP contribution in [0, 0.1) is 5.41 Å². The Hall–Kier alpha value is -0.670. The van der Waals surface area contributed by atoms with E-state index in [0.29, 0.717) is 5.88 Å². The van der Waals surface area contributed by atoms with E-state index < -0.39 is 5.41 Å². The molecule has 0 bridgehead atoms. The molecule has 1 fully saturated rings. The fraction of sp³-hybridized carbons (Fsp3) is 0.611. The zero-order chi connectivity index (χ0) is 16.5. The first-order valence-electron chi connectivity index (χ1n) is 7.76. The van der Waals surface area contributed by atoms with Crippen molar-refractivity contribution < 1.29 is 4.79 Å². The van der Waals surface area contributed by atoms with Gasteiger partial charge in [-0.25, -0.2) is 0 Å². The average molecular weight is 340 g/mol. The van der Waals surface area contributed by atoms with Crippen molar-refractivity contribution in [3.8, 4) is 0 Å². The zero-order valence-corrected chi connectivity index (χ0v) is 15.7. The van der Waals surface area contributed by atoms with Gasteiger partial charge in [0.25, 0.3) is 0 Å². The molecule has 122 valence electrons. The molecule has 2 nitrogen and oxygen atoms in total. The van der Waals surface area contributed by atoms with Gasteiger partial charge >= 0.3 is 0 Å². The second-order valence-corrected chi connectivity index (χ2v) is 9.07. The van der Waals surface area contributed by atoms with Crippen LogP contribution in [0.4, 0.5) is 0 Å². The molecule has 0 spiro atoms. The van der Waals surface area contributed by atoms with Gasteiger partial charge in [0.2, 0.25) is 5.91 Å². The number of rotatable bonds is 3. The third-order valence-electron chi connectivity index (χ3n) is 4.13. The van der Waals surface area contributed by atoms with Crippen molar-refractivity contribution in [1.82, 2.24) is 4.90 Å². The number of halogens is 1. The summed E-state index contributed by atoms with van der Waals surface area (Å²) in [5.74, 6) is 1.48. The van der Waals surface area contributed by atoms with Crippen LogP contribution in [-0.2, 0) is 10.2 Å². The van der Waals surface area contributed by atoms with Crippen molar-refractivity contribution in [1.29, 1.82) is 0 Å². The molecule has 1 aliphatic heterocycles. The molecule has 4 heteroatoms. The standard InChI is InChI=1S/C18H26ClNOS/c1-17(2,3)14-8-6-13(7-9-14)15-20(10-11-22-15)16(21)18(4,5)12-19/h6-9,15H,10-12H2,1-5H3/t15-/m0/s1. The Labute approximate surface area is 143 Å². The van der Waals surface area contributed by atoms with E-state index in [1.165, 1.54) is 11.1 Å². The summed E-state index contributed by atoms with van der Waals surface area (Å²) in [4.78, 5) is 14.7. The summed E-state index contributed by atoms with van der Waals surface area (Å²) in [7, 11) is 0. The maximum Gasteiger partial charge on any atom is 0.230 e. The highest BCUT2D eigenvalue weighted by Gasteiger charge is 2.38. The lowest BCUT2D eigenvalue weighted by molar-refractivity contribution is -0.139. The molecule has 1 atom stereocenters. The van der Waals surface area contributed by atoms with Crippen molar-refractivity contribution in [2.24, 2.45) is 5.41 Å². The average Bonchev–Trinajstić information content (AvgIpc) is 2.94. The number of amides is 1. The van der Waals surface area contributed by atoms with Crippen molar-refractivity contribution in [2.75, 3.05) is 18.2 Å². The molecule has 0 saturated carbocycles. The molecular weight excluding hydrogens is 314 g/mol. The van der Waals surface area contributed by atoms with E-state index in [-0.39, 0.29) is 16.7 Å². The molecule has 0 aromatic heterocycles. The maximum atomic E-state index is 12.7. The Balaban J connectivity index is 2.22. The Morgan fingerprint density at radius 1 is 1.23 bits per heavy atom. The molecule has 1 heterocycles. The third-order valence-corrected chi connectivity index (χ3v) is 6.06. The molecule has 2 rings (SSSR count). The fourth-order valence-electron chi connectivity index (χ4n) is 2.55. The second kappa shape index (κ2) is 6.45. The first-order chi connectivity index (χ1) is 10.2. The van der Waals surface area contributed by atoms with Gasteiger partial charge < -0.3 is 4.90 Å². The van der Waals surface area contributed by atoms with Crippen LogP contribution in [0.15, 0.2) is 24.3 Å². The van der Waals surface area contributed by atoms with Crippen LogP contribution in [-0.4, -0.2) is 29.0 Å². The normalized spacial score (nSPS) is 19.5. The van der Waals surface area contributed by atoms with Gasteiger partial charge in [-0.05, 0) is 30.4 Å². The van der Waals surface area contributed by atoms with Gasteiger partial charge in [0.1, 0.15) is 5.37 Å². The van der Waals surface area contributed by atoms with Crippen molar-refractivity contribution >= 4 is 29.3 Å². The molecule has 0 N–H and O–H groups in total. The molecule has 1 aromatic carbocycles. The Morgan fingerprint density at radius 3 is 2.32 bits per heavy atom. The number of thioether (sulfide) groups is 1. The molecule has 1 saturated heterocycles. The Kier molecular flexibility index (Phi) is 5.18. The molecule has 0 radical (unpaired) electrons. The van der Waals surface area contributed by atoms with E-state index in [4.69, 9.17) is 11.6 Å². The van der Waals surface area contributed by atoms with Gasteiger partial charge in [0.15, 0.2) is 0 Å². The number of carbonyl (C=O) groups is 1. The van der Waals surface area contributed by atoms with Gasteiger partial charge in [0.05, 0.1) is 5.41 Å². The summed E-state index contributed by atoms with van der Waals surface area (Å²) in [6.07, 6.45) is 0. The SMILES string of the molecule is CC(C)(CCl)C(=O)N1CCS[C@H]1c1ccc(C(C)(C)C)cc1. The van der Waals surface area contributed by atoms with E-state index in [2.05, 4.69) is 45.0 Å². The molecule has 0 aliphatic carbocycles. The number of nitrogens with zero attached hydrogens (tertiary/aromatic N) is 1. The smallest absolute Gasteiger partial charge is 0.230 e. The second-order valence-electron chi connectivity index (χ2n) is 7.61. The third kappa shape index (κ3) is 3.62. The monoisotopic (exact) mass is 339 g/mol. The van der Waals surface area contributed by atoms with Crippen LogP contribution < -0.4 is 0 Å². The van der Waals surface area contributed by atoms with E-state index in [0.717, 1.165) is 12.3 Å².